The van der Waals surface area contributed by atoms with Gasteiger partial charge in [-0.1, -0.05) is 24.3 Å². The molecule has 154 valence electrons. The number of nitrogens with one attached hydrogen (secondary N) is 1. The van der Waals surface area contributed by atoms with Crippen molar-refractivity contribution in [1.82, 2.24) is 9.80 Å². The van der Waals surface area contributed by atoms with Gasteiger partial charge >= 0.3 is 0 Å². The highest BCUT2D eigenvalue weighted by atomic mass is 16.5. The predicted octanol–water partition coefficient (Wildman–Crippen LogP) is 2.79. The van der Waals surface area contributed by atoms with Gasteiger partial charge in [-0.25, -0.2) is 0 Å². The van der Waals surface area contributed by atoms with Crippen molar-refractivity contribution in [2.75, 3.05) is 39.6 Å². The number of likely N-dealkylation sites (tertiary alicyclic amines) is 1. The zero-order valence-electron chi connectivity index (χ0n) is 17.4. The van der Waals surface area contributed by atoms with E-state index >= 15 is 0 Å². The van der Waals surface area contributed by atoms with Crippen LogP contribution in [0.15, 0.2) is 48.5 Å². The van der Waals surface area contributed by atoms with Gasteiger partial charge in [0, 0.05) is 31.7 Å². The molecule has 29 heavy (non-hydrogen) atoms. The molecule has 1 fully saturated rings. The van der Waals surface area contributed by atoms with E-state index in [1.54, 1.807) is 12.0 Å². The van der Waals surface area contributed by atoms with E-state index in [0.29, 0.717) is 13.1 Å². The largest absolute Gasteiger partial charge is 0.497 e. The maximum atomic E-state index is 12.6. The molecule has 0 spiro atoms. The van der Waals surface area contributed by atoms with Gasteiger partial charge in [-0.3, -0.25) is 9.59 Å². The molecule has 1 unspecified atom stereocenters. The minimum Gasteiger partial charge on any atom is -0.497 e. The fourth-order valence-electron chi connectivity index (χ4n) is 3.40. The normalized spacial score (nSPS) is 16.3. The number of carbonyl (C=O) groups is 2. The second-order valence-electron chi connectivity index (χ2n) is 7.76. The van der Waals surface area contributed by atoms with Gasteiger partial charge in [-0.2, -0.15) is 0 Å². The highest BCUT2D eigenvalue weighted by Gasteiger charge is 2.34. The molecule has 1 N–H and O–H groups in total. The zero-order valence-corrected chi connectivity index (χ0v) is 17.4. The number of nitrogens with zero attached hydrogens (tertiary/aromatic N) is 2. The van der Waals surface area contributed by atoms with Crippen LogP contribution in [0.5, 0.6) is 5.75 Å². The molecule has 0 radical (unpaired) electrons. The molecular formula is C23H29N3O3. The van der Waals surface area contributed by atoms with Crippen molar-refractivity contribution in [1.29, 1.82) is 0 Å². The van der Waals surface area contributed by atoms with Crippen LogP contribution in [0.2, 0.25) is 0 Å². The quantitative estimate of drug-likeness (QED) is 0.747. The highest BCUT2D eigenvalue weighted by Crippen LogP contribution is 2.23. The number of benzene rings is 2. The van der Waals surface area contributed by atoms with E-state index in [4.69, 9.17) is 4.74 Å². The van der Waals surface area contributed by atoms with Gasteiger partial charge in [0.1, 0.15) is 5.75 Å². The molecular weight excluding hydrogens is 366 g/mol. The van der Waals surface area contributed by atoms with Gasteiger partial charge in [-0.15, -0.1) is 0 Å². The Labute approximate surface area is 172 Å². The van der Waals surface area contributed by atoms with Crippen LogP contribution in [-0.2, 0) is 22.6 Å². The second kappa shape index (κ2) is 9.56. The van der Waals surface area contributed by atoms with E-state index in [0.717, 1.165) is 30.0 Å². The van der Waals surface area contributed by atoms with E-state index < -0.39 is 0 Å². The van der Waals surface area contributed by atoms with Crippen LogP contribution in [0.4, 0.5) is 5.69 Å². The van der Waals surface area contributed by atoms with Crippen molar-refractivity contribution in [3.8, 4) is 5.75 Å². The summed E-state index contributed by atoms with van der Waals surface area (Å²) in [6.45, 7) is 1.94. The highest BCUT2D eigenvalue weighted by molar-refractivity contribution is 5.97. The molecule has 2 aromatic carbocycles. The topological polar surface area (TPSA) is 61.9 Å². The fraction of sp³-hybridized carbons (Fsp3) is 0.391. The standard InChI is InChI=1S/C23H29N3O3/c1-25(2)13-12-17-4-8-20(9-5-17)24-23(28)19-14-22(27)26(16-19)15-18-6-10-21(29-3)11-7-18/h4-11,19H,12-16H2,1-3H3,(H,24,28). The summed E-state index contributed by atoms with van der Waals surface area (Å²) in [6.07, 6.45) is 1.22. The van der Waals surface area contributed by atoms with E-state index in [-0.39, 0.29) is 24.2 Å². The monoisotopic (exact) mass is 395 g/mol. The van der Waals surface area contributed by atoms with Crippen LogP contribution in [0.3, 0.4) is 0 Å². The van der Waals surface area contributed by atoms with E-state index in [2.05, 4.69) is 24.3 Å². The summed E-state index contributed by atoms with van der Waals surface area (Å²) in [5, 5.41) is 2.95. The maximum absolute atomic E-state index is 12.6. The van der Waals surface area contributed by atoms with E-state index in [9.17, 15) is 9.59 Å². The van der Waals surface area contributed by atoms with Gasteiger partial charge in [0.25, 0.3) is 0 Å². The van der Waals surface area contributed by atoms with Crippen molar-refractivity contribution in [2.45, 2.75) is 19.4 Å². The average Bonchev–Trinajstić information content (AvgIpc) is 3.08. The molecule has 1 atom stereocenters. The van der Waals surface area contributed by atoms with Gasteiger partial charge in [0.15, 0.2) is 0 Å². The Morgan fingerprint density at radius 1 is 1.10 bits per heavy atom. The lowest BCUT2D eigenvalue weighted by Crippen LogP contribution is -2.28. The maximum Gasteiger partial charge on any atom is 0.229 e. The molecule has 1 aliphatic heterocycles. The van der Waals surface area contributed by atoms with Crippen molar-refractivity contribution in [2.24, 2.45) is 5.92 Å². The molecule has 1 aliphatic rings. The first kappa shape index (κ1) is 20.9. The van der Waals surface area contributed by atoms with Crippen molar-refractivity contribution in [3.05, 3.63) is 59.7 Å². The summed E-state index contributed by atoms with van der Waals surface area (Å²) in [4.78, 5) is 28.9. The Hall–Kier alpha value is -2.86. The molecule has 1 heterocycles. The lowest BCUT2D eigenvalue weighted by Gasteiger charge is -2.17. The summed E-state index contributed by atoms with van der Waals surface area (Å²) < 4.78 is 5.16. The molecule has 2 aromatic rings. The Bertz CT molecular complexity index is 831. The van der Waals surface area contributed by atoms with Gasteiger partial charge in [0.05, 0.1) is 13.0 Å². The first-order valence-corrected chi connectivity index (χ1v) is 9.90. The Kier molecular flexibility index (Phi) is 6.88. The van der Waals surface area contributed by atoms with Crippen LogP contribution in [-0.4, -0.2) is 55.9 Å². The van der Waals surface area contributed by atoms with Crippen LogP contribution in [0.1, 0.15) is 17.5 Å². The number of likely N-dealkylation sites (N-methyl/N-ethyl adjacent to an activating group) is 1. The van der Waals surface area contributed by atoms with Crippen LogP contribution >= 0.6 is 0 Å². The average molecular weight is 396 g/mol. The first-order valence-electron chi connectivity index (χ1n) is 9.90. The third-order valence-electron chi connectivity index (χ3n) is 5.19. The molecule has 6 nitrogen and oxygen atoms in total. The molecule has 3 rings (SSSR count). The summed E-state index contributed by atoms with van der Waals surface area (Å²) in [5.74, 6) is 0.372. The number of methoxy groups -OCH3 is 1. The number of hydrogen-bond acceptors (Lipinski definition) is 4. The van der Waals surface area contributed by atoms with E-state index in [1.807, 2.05) is 48.5 Å². The summed E-state index contributed by atoms with van der Waals surface area (Å²) in [7, 11) is 5.73. The lowest BCUT2D eigenvalue weighted by atomic mass is 10.1. The Balaban J connectivity index is 1.53. The van der Waals surface area contributed by atoms with Crippen LogP contribution in [0, 0.1) is 5.92 Å². The van der Waals surface area contributed by atoms with Crippen LogP contribution in [0.25, 0.3) is 0 Å². The predicted molar refractivity (Wildman–Crippen MR) is 114 cm³/mol. The number of hydrogen-bond donors (Lipinski definition) is 1. The van der Waals surface area contributed by atoms with Gasteiger partial charge in [0.2, 0.25) is 11.8 Å². The molecule has 0 saturated carbocycles. The second-order valence-corrected chi connectivity index (χ2v) is 7.76. The summed E-state index contributed by atoms with van der Waals surface area (Å²) >= 11 is 0. The minimum absolute atomic E-state index is 0.0139. The third kappa shape index (κ3) is 5.81. The summed E-state index contributed by atoms with van der Waals surface area (Å²) in [6, 6.07) is 15.6. The van der Waals surface area contributed by atoms with Crippen LogP contribution < -0.4 is 10.1 Å². The fourth-order valence-corrected chi connectivity index (χ4v) is 3.40. The molecule has 1 saturated heterocycles. The number of anilines is 1. The van der Waals surface area contributed by atoms with Crippen molar-refractivity contribution >= 4 is 17.5 Å². The van der Waals surface area contributed by atoms with Gasteiger partial charge in [-0.05, 0) is 55.9 Å². The molecule has 0 aromatic heterocycles. The number of rotatable bonds is 8. The Morgan fingerprint density at radius 3 is 2.38 bits per heavy atom. The number of carbonyl (C=O) groups excluding carboxylic acids is 2. The SMILES string of the molecule is COc1ccc(CN2CC(C(=O)Nc3ccc(CCN(C)C)cc3)CC2=O)cc1. The first-order chi connectivity index (χ1) is 13.9. The molecule has 0 aliphatic carbocycles. The van der Waals surface area contributed by atoms with Gasteiger partial charge < -0.3 is 19.9 Å². The summed E-state index contributed by atoms with van der Waals surface area (Å²) in [5.41, 5.74) is 3.02. The molecule has 6 heteroatoms. The minimum atomic E-state index is -0.325. The lowest BCUT2D eigenvalue weighted by molar-refractivity contribution is -0.128. The Morgan fingerprint density at radius 2 is 1.76 bits per heavy atom. The van der Waals surface area contributed by atoms with Crippen molar-refractivity contribution < 1.29 is 14.3 Å². The van der Waals surface area contributed by atoms with E-state index in [1.165, 1.54) is 5.56 Å². The van der Waals surface area contributed by atoms with Crippen molar-refractivity contribution in [3.63, 3.8) is 0 Å². The smallest absolute Gasteiger partial charge is 0.229 e. The third-order valence-corrected chi connectivity index (χ3v) is 5.19. The number of amides is 2. The number of ether oxygens (including phenoxy) is 1. The molecule has 0 bridgehead atoms. The zero-order chi connectivity index (χ0) is 20.8. The molecule has 2 amide bonds.